The predicted molar refractivity (Wildman–Crippen MR) is 67.6 cm³/mol. The summed E-state index contributed by atoms with van der Waals surface area (Å²) in [6.45, 7) is 3.65. The Morgan fingerprint density at radius 3 is 3.11 bits per heavy atom. The van der Waals surface area contributed by atoms with Crippen LogP contribution in [0.15, 0.2) is 18.2 Å². The second-order valence-electron chi connectivity index (χ2n) is 4.84. The number of benzene rings is 1. The molecule has 1 aliphatic rings. The third kappa shape index (κ3) is 1.84. The highest BCUT2D eigenvalue weighted by Crippen LogP contribution is 2.26. The summed E-state index contributed by atoms with van der Waals surface area (Å²) in [6.07, 6.45) is 1.27. The number of fused-ring (bicyclic) bond motifs is 1. The van der Waals surface area contributed by atoms with Crippen molar-refractivity contribution in [3.05, 3.63) is 24.0 Å². The molecule has 4 nitrogen and oxygen atoms in total. The molecule has 5 heteroatoms. The maximum absolute atomic E-state index is 13.1. The molecule has 18 heavy (non-hydrogen) atoms. The van der Waals surface area contributed by atoms with Gasteiger partial charge in [-0.15, -0.1) is 0 Å². The van der Waals surface area contributed by atoms with E-state index in [0.29, 0.717) is 17.4 Å². The topological polar surface area (TPSA) is 53.1 Å². The molecule has 1 fully saturated rings. The molecule has 96 valence electrons. The predicted octanol–water partition coefficient (Wildman–Crippen LogP) is 2.18. The normalized spacial score (nSPS) is 23.9. The zero-order chi connectivity index (χ0) is 12.7. The Kier molecular flexibility index (Phi) is 2.70. The van der Waals surface area contributed by atoms with Gasteiger partial charge in [0.2, 0.25) is 5.95 Å². The number of hydrogen-bond acceptors (Lipinski definition) is 3. The molecule has 1 saturated heterocycles. The van der Waals surface area contributed by atoms with E-state index in [-0.39, 0.29) is 11.9 Å². The SMILES string of the molecule is CC1OCCC1Cn1c(N)nc2cc(F)ccc21. The fraction of sp³-hybridized carbons (Fsp3) is 0.462. The van der Waals surface area contributed by atoms with Gasteiger partial charge in [-0.05, 0) is 25.5 Å². The van der Waals surface area contributed by atoms with Crippen molar-refractivity contribution in [3.63, 3.8) is 0 Å². The number of ether oxygens (including phenoxy) is 1. The molecule has 0 radical (unpaired) electrons. The smallest absolute Gasteiger partial charge is 0.201 e. The zero-order valence-electron chi connectivity index (χ0n) is 10.3. The average Bonchev–Trinajstić information content (AvgIpc) is 2.85. The number of nitrogen functional groups attached to an aromatic ring is 1. The summed E-state index contributed by atoms with van der Waals surface area (Å²) in [6, 6.07) is 4.58. The molecule has 0 bridgehead atoms. The van der Waals surface area contributed by atoms with Crippen LogP contribution in [-0.2, 0) is 11.3 Å². The summed E-state index contributed by atoms with van der Waals surface area (Å²) in [5.74, 6) is 0.592. The zero-order valence-corrected chi connectivity index (χ0v) is 10.3. The van der Waals surface area contributed by atoms with Crippen molar-refractivity contribution in [3.8, 4) is 0 Å². The van der Waals surface area contributed by atoms with Gasteiger partial charge in [-0.25, -0.2) is 9.37 Å². The quantitative estimate of drug-likeness (QED) is 0.887. The number of halogens is 1. The van der Waals surface area contributed by atoms with E-state index in [2.05, 4.69) is 11.9 Å². The molecule has 1 aromatic heterocycles. The lowest BCUT2D eigenvalue weighted by atomic mass is 10.0. The van der Waals surface area contributed by atoms with Gasteiger partial charge < -0.3 is 15.0 Å². The second kappa shape index (κ2) is 4.24. The number of anilines is 1. The lowest BCUT2D eigenvalue weighted by Crippen LogP contribution is -2.18. The summed E-state index contributed by atoms with van der Waals surface area (Å²) >= 11 is 0. The van der Waals surface area contributed by atoms with Crippen LogP contribution in [0.4, 0.5) is 10.3 Å². The molecule has 2 aromatic rings. The van der Waals surface area contributed by atoms with E-state index in [0.717, 1.165) is 25.1 Å². The van der Waals surface area contributed by atoms with Crippen LogP contribution in [0.5, 0.6) is 0 Å². The van der Waals surface area contributed by atoms with Crippen molar-refractivity contribution in [2.45, 2.75) is 26.0 Å². The summed E-state index contributed by atoms with van der Waals surface area (Å²) < 4.78 is 20.6. The van der Waals surface area contributed by atoms with Crippen molar-refractivity contribution in [1.82, 2.24) is 9.55 Å². The lowest BCUT2D eigenvalue weighted by molar-refractivity contribution is 0.102. The standard InChI is InChI=1S/C13H16FN3O/c1-8-9(4-5-18-8)7-17-12-3-2-10(14)6-11(12)16-13(17)15/h2-3,6,8-9H,4-5,7H2,1H3,(H2,15,16). The molecule has 2 unspecified atom stereocenters. The molecule has 0 spiro atoms. The van der Waals surface area contributed by atoms with Crippen LogP contribution in [0.3, 0.4) is 0 Å². The number of nitrogens with two attached hydrogens (primary N) is 1. The van der Waals surface area contributed by atoms with E-state index in [4.69, 9.17) is 10.5 Å². The minimum Gasteiger partial charge on any atom is -0.378 e. The summed E-state index contributed by atoms with van der Waals surface area (Å²) in [5, 5.41) is 0. The Labute approximate surface area is 105 Å². The van der Waals surface area contributed by atoms with Crippen molar-refractivity contribution in [1.29, 1.82) is 0 Å². The highest BCUT2D eigenvalue weighted by molar-refractivity contribution is 5.78. The minimum absolute atomic E-state index is 0.238. The Hall–Kier alpha value is -1.62. The monoisotopic (exact) mass is 249 g/mol. The van der Waals surface area contributed by atoms with E-state index in [1.807, 2.05) is 4.57 Å². The number of rotatable bonds is 2. The van der Waals surface area contributed by atoms with Gasteiger partial charge in [0.25, 0.3) is 0 Å². The van der Waals surface area contributed by atoms with Gasteiger partial charge in [-0.3, -0.25) is 0 Å². The van der Waals surface area contributed by atoms with Crippen molar-refractivity contribution < 1.29 is 9.13 Å². The first-order valence-electron chi connectivity index (χ1n) is 6.18. The highest BCUT2D eigenvalue weighted by atomic mass is 19.1. The molecule has 1 aliphatic heterocycles. The van der Waals surface area contributed by atoms with E-state index in [9.17, 15) is 4.39 Å². The van der Waals surface area contributed by atoms with Gasteiger partial charge in [0.1, 0.15) is 5.82 Å². The molecule has 0 saturated carbocycles. The van der Waals surface area contributed by atoms with Gasteiger partial charge in [0.05, 0.1) is 17.1 Å². The third-order valence-corrected chi connectivity index (χ3v) is 3.69. The molecule has 3 rings (SSSR count). The summed E-state index contributed by atoms with van der Waals surface area (Å²) in [5.41, 5.74) is 7.41. The Balaban J connectivity index is 1.98. The van der Waals surface area contributed by atoms with Crippen LogP contribution in [0.25, 0.3) is 11.0 Å². The first kappa shape index (κ1) is 11.5. The van der Waals surface area contributed by atoms with Crippen LogP contribution >= 0.6 is 0 Å². The molecule has 2 atom stereocenters. The maximum atomic E-state index is 13.1. The van der Waals surface area contributed by atoms with Crippen molar-refractivity contribution in [2.75, 3.05) is 12.3 Å². The van der Waals surface area contributed by atoms with Gasteiger partial charge >= 0.3 is 0 Å². The van der Waals surface area contributed by atoms with E-state index < -0.39 is 0 Å². The largest absolute Gasteiger partial charge is 0.378 e. The van der Waals surface area contributed by atoms with Gasteiger partial charge in [-0.2, -0.15) is 0 Å². The molecule has 1 aromatic carbocycles. The van der Waals surface area contributed by atoms with Crippen LogP contribution in [-0.4, -0.2) is 22.3 Å². The number of nitrogens with zero attached hydrogens (tertiary/aromatic N) is 2. The van der Waals surface area contributed by atoms with Gasteiger partial charge in [-0.1, -0.05) is 0 Å². The average molecular weight is 249 g/mol. The van der Waals surface area contributed by atoms with Crippen LogP contribution in [0, 0.1) is 11.7 Å². The van der Waals surface area contributed by atoms with E-state index in [1.54, 1.807) is 6.07 Å². The number of imidazole rings is 1. The maximum Gasteiger partial charge on any atom is 0.201 e. The first-order chi connectivity index (χ1) is 8.65. The summed E-state index contributed by atoms with van der Waals surface area (Å²) in [7, 11) is 0. The van der Waals surface area contributed by atoms with Crippen LogP contribution < -0.4 is 5.73 Å². The molecule has 2 N–H and O–H groups in total. The number of hydrogen-bond donors (Lipinski definition) is 1. The highest BCUT2D eigenvalue weighted by Gasteiger charge is 2.25. The molecular weight excluding hydrogens is 233 g/mol. The van der Waals surface area contributed by atoms with E-state index in [1.165, 1.54) is 12.1 Å². The van der Waals surface area contributed by atoms with Crippen LogP contribution in [0.1, 0.15) is 13.3 Å². The van der Waals surface area contributed by atoms with Gasteiger partial charge in [0.15, 0.2) is 0 Å². The van der Waals surface area contributed by atoms with Gasteiger partial charge in [0, 0.05) is 25.1 Å². The van der Waals surface area contributed by atoms with Crippen molar-refractivity contribution >= 4 is 17.0 Å². The van der Waals surface area contributed by atoms with Crippen LogP contribution in [0.2, 0.25) is 0 Å². The Bertz CT molecular complexity index is 581. The molecule has 0 aliphatic carbocycles. The van der Waals surface area contributed by atoms with Crippen molar-refractivity contribution in [2.24, 2.45) is 5.92 Å². The Morgan fingerprint density at radius 1 is 1.56 bits per heavy atom. The first-order valence-corrected chi connectivity index (χ1v) is 6.18. The Morgan fingerprint density at radius 2 is 2.39 bits per heavy atom. The molecular formula is C13H16FN3O. The molecule has 2 heterocycles. The fourth-order valence-corrected chi connectivity index (χ4v) is 2.56. The third-order valence-electron chi connectivity index (χ3n) is 3.69. The second-order valence-corrected chi connectivity index (χ2v) is 4.84. The molecule has 0 amide bonds. The lowest BCUT2D eigenvalue weighted by Gasteiger charge is -2.16. The fourth-order valence-electron chi connectivity index (χ4n) is 2.56. The summed E-state index contributed by atoms with van der Waals surface area (Å²) in [4.78, 5) is 4.20. The van der Waals surface area contributed by atoms with E-state index >= 15 is 0 Å². The minimum atomic E-state index is -0.287. The number of aromatic nitrogens is 2.